The van der Waals surface area contributed by atoms with Gasteiger partial charge in [-0.15, -0.1) is 0 Å². The smallest absolute Gasteiger partial charge is 0.306 e. The fraction of sp³-hybridized carbons (Fsp3) is 0.704. The van der Waals surface area contributed by atoms with Crippen LogP contribution in [0, 0.1) is 0 Å². The second kappa shape index (κ2) is 47.1. The van der Waals surface area contributed by atoms with Crippen LogP contribution in [0.3, 0.4) is 0 Å². The van der Waals surface area contributed by atoms with E-state index in [1.165, 1.54) is 116 Å². The second-order valence-electron chi connectivity index (χ2n) is 16.6. The highest BCUT2D eigenvalue weighted by Gasteiger charge is 2.23. The van der Waals surface area contributed by atoms with Crippen molar-refractivity contribution < 1.29 is 24.5 Å². The molecule has 0 aromatic rings. The summed E-state index contributed by atoms with van der Waals surface area (Å²) < 4.78 is 5.83. The van der Waals surface area contributed by atoms with Gasteiger partial charge in [-0.2, -0.15) is 0 Å². The first-order valence-corrected chi connectivity index (χ1v) is 24.9. The average Bonchev–Trinajstić information content (AvgIpc) is 3.24. The molecule has 0 aromatic heterocycles. The molecule has 3 N–H and O–H groups in total. The van der Waals surface area contributed by atoms with E-state index in [4.69, 9.17) is 4.74 Å². The molecule has 0 heterocycles. The van der Waals surface area contributed by atoms with Gasteiger partial charge in [0.15, 0.2) is 0 Å². The molecule has 60 heavy (non-hydrogen) atoms. The van der Waals surface area contributed by atoms with Crippen molar-refractivity contribution in [1.82, 2.24) is 5.32 Å². The number of carbonyl (C=O) groups excluding carboxylic acids is 2. The van der Waals surface area contributed by atoms with Crippen LogP contribution in [0.5, 0.6) is 0 Å². The van der Waals surface area contributed by atoms with Gasteiger partial charge in [-0.25, -0.2) is 0 Å². The van der Waals surface area contributed by atoms with Gasteiger partial charge in [0.2, 0.25) is 5.91 Å². The molecule has 0 aromatic carbocycles. The summed E-state index contributed by atoms with van der Waals surface area (Å²) in [6, 6.07) is -0.745. The predicted octanol–water partition coefficient (Wildman–Crippen LogP) is 14.8. The van der Waals surface area contributed by atoms with Crippen molar-refractivity contribution in [2.75, 3.05) is 6.61 Å². The largest absolute Gasteiger partial charge is 0.461 e. The third-order valence-electron chi connectivity index (χ3n) is 10.9. The minimum absolute atomic E-state index is 0.0267. The summed E-state index contributed by atoms with van der Waals surface area (Å²) >= 11 is 0. The lowest BCUT2D eigenvalue weighted by Crippen LogP contribution is -2.46. The Bertz CT molecular complexity index is 1160. The summed E-state index contributed by atoms with van der Waals surface area (Å²) in [7, 11) is 0. The third-order valence-corrected chi connectivity index (χ3v) is 10.9. The van der Waals surface area contributed by atoms with E-state index in [-0.39, 0.29) is 24.9 Å². The zero-order chi connectivity index (χ0) is 43.8. The number of nitrogens with one attached hydrogen (secondary N) is 1. The van der Waals surface area contributed by atoms with E-state index in [0.717, 1.165) is 57.8 Å². The fourth-order valence-electron chi connectivity index (χ4n) is 7.09. The molecule has 0 saturated carbocycles. The second-order valence-corrected chi connectivity index (χ2v) is 16.6. The lowest BCUT2D eigenvalue weighted by atomic mass is 10.0. The standard InChI is InChI=1S/C54H93NO5/c1-4-7-10-13-16-19-22-24-26-28-31-34-37-40-43-46-52(57)51(49-56)55-53(58)48-50(45-42-39-36-33-30-21-18-15-12-9-6-3)60-54(59)47-44-41-38-35-32-29-27-25-23-20-17-14-11-8-5-2/h9,12,15,17-18,20-21,23,25,30,33,36,39,42,50-52,56-57H,4-8,10-11,13-14,16,19,22,24,26-29,31-32,34-35,37-38,40-41,43-49H2,1-3H3,(H,55,58)/b12-9+,18-15+,20-17+,25-23+,30-21-,36-33-,42-39+. The Morgan fingerprint density at radius 2 is 0.933 bits per heavy atom. The Hall–Kier alpha value is -2.96. The zero-order valence-corrected chi connectivity index (χ0v) is 39.1. The van der Waals surface area contributed by atoms with Gasteiger partial charge >= 0.3 is 5.97 Å². The van der Waals surface area contributed by atoms with E-state index < -0.39 is 18.2 Å². The maximum absolute atomic E-state index is 13.1. The van der Waals surface area contributed by atoms with Gasteiger partial charge in [0.05, 0.1) is 25.2 Å². The summed E-state index contributed by atoms with van der Waals surface area (Å²) in [4.78, 5) is 26.0. The molecule has 0 aliphatic heterocycles. The van der Waals surface area contributed by atoms with E-state index in [2.05, 4.69) is 56.5 Å². The topological polar surface area (TPSA) is 95.9 Å². The molecular weight excluding hydrogens is 743 g/mol. The molecular formula is C54H93NO5. The number of rotatable bonds is 43. The first kappa shape index (κ1) is 57.0. The Labute approximate surface area is 370 Å². The van der Waals surface area contributed by atoms with Crippen LogP contribution in [0.4, 0.5) is 0 Å². The molecule has 0 fully saturated rings. The summed E-state index contributed by atoms with van der Waals surface area (Å²) in [6.07, 6.45) is 60.9. The van der Waals surface area contributed by atoms with Crippen LogP contribution >= 0.6 is 0 Å². The molecule has 0 bridgehead atoms. The molecule has 0 radical (unpaired) electrons. The van der Waals surface area contributed by atoms with Gasteiger partial charge in [0.1, 0.15) is 6.10 Å². The Morgan fingerprint density at radius 3 is 1.45 bits per heavy atom. The van der Waals surface area contributed by atoms with E-state index in [9.17, 15) is 19.8 Å². The lowest BCUT2D eigenvalue weighted by Gasteiger charge is -2.24. The van der Waals surface area contributed by atoms with Gasteiger partial charge in [0, 0.05) is 12.8 Å². The van der Waals surface area contributed by atoms with Gasteiger partial charge in [-0.3, -0.25) is 9.59 Å². The molecule has 3 unspecified atom stereocenters. The van der Waals surface area contributed by atoms with Crippen molar-refractivity contribution in [3.8, 4) is 0 Å². The molecule has 3 atom stereocenters. The Kier molecular flexibility index (Phi) is 44.8. The molecule has 344 valence electrons. The SMILES string of the molecule is CC/C=C/C=C/C=C\C=C/C=C/CC(CC(=O)NC(CO)C(O)CCCCCCCCCCCCCCCCC)OC(=O)CCCCCCCC/C=C/C=C/CCCCC. The highest BCUT2D eigenvalue weighted by atomic mass is 16.5. The maximum atomic E-state index is 13.1. The van der Waals surface area contributed by atoms with Crippen molar-refractivity contribution in [2.45, 2.75) is 238 Å². The average molecular weight is 836 g/mol. The van der Waals surface area contributed by atoms with Crippen LogP contribution in [-0.2, 0) is 14.3 Å². The Morgan fingerprint density at radius 1 is 0.517 bits per heavy atom. The maximum Gasteiger partial charge on any atom is 0.306 e. The molecule has 0 aliphatic rings. The van der Waals surface area contributed by atoms with E-state index >= 15 is 0 Å². The number of allylic oxidation sites excluding steroid dienone is 13. The molecule has 6 heteroatoms. The predicted molar refractivity (Wildman–Crippen MR) is 259 cm³/mol. The molecule has 0 spiro atoms. The zero-order valence-electron chi connectivity index (χ0n) is 39.1. The lowest BCUT2D eigenvalue weighted by molar-refractivity contribution is -0.150. The quantitative estimate of drug-likeness (QED) is 0.0323. The number of amides is 1. The summed E-state index contributed by atoms with van der Waals surface area (Å²) in [5.74, 6) is -0.626. The molecule has 0 rings (SSSR count). The van der Waals surface area contributed by atoms with Gasteiger partial charge in [-0.1, -0.05) is 241 Å². The number of hydrogen-bond acceptors (Lipinski definition) is 5. The minimum atomic E-state index is -0.823. The number of carbonyl (C=O) groups is 2. The highest BCUT2D eigenvalue weighted by Crippen LogP contribution is 2.16. The summed E-state index contributed by atoms with van der Waals surface area (Å²) in [6.45, 7) is 6.26. The van der Waals surface area contributed by atoms with Gasteiger partial charge in [0.25, 0.3) is 0 Å². The number of aliphatic hydroxyl groups excluding tert-OH is 2. The monoisotopic (exact) mass is 836 g/mol. The van der Waals surface area contributed by atoms with Crippen molar-refractivity contribution in [2.24, 2.45) is 0 Å². The fourth-order valence-corrected chi connectivity index (χ4v) is 7.09. The molecule has 1 amide bonds. The first-order chi connectivity index (χ1) is 29.5. The van der Waals surface area contributed by atoms with Crippen molar-refractivity contribution in [1.29, 1.82) is 0 Å². The van der Waals surface area contributed by atoms with Crippen LogP contribution in [0.25, 0.3) is 0 Å². The van der Waals surface area contributed by atoms with E-state index in [0.29, 0.717) is 19.3 Å². The highest BCUT2D eigenvalue weighted by molar-refractivity contribution is 5.77. The number of ether oxygens (including phenoxy) is 1. The van der Waals surface area contributed by atoms with Gasteiger partial charge < -0.3 is 20.3 Å². The van der Waals surface area contributed by atoms with E-state index in [1.54, 1.807) is 0 Å². The number of aliphatic hydroxyl groups is 2. The normalized spacial score (nSPS) is 14.0. The van der Waals surface area contributed by atoms with Crippen molar-refractivity contribution in [3.63, 3.8) is 0 Å². The summed E-state index contributed by atoms with van der Waals surface area (Å²) in [5, 5.41) is 23.7. The third kappa shape index (κ3) is 41.8. The van der Waals surface area contributed by atoms with Crippen LogP contribution in [0.1, 0.15) is 220 Å². The Balaban J connectivity index is 4.66. The molecule has 6 nitrogen and oxygen atoms in total. The van der Waals surface area contributed by atoms with Crippen LogP contribution in [0.15, 0.2) is 85.1 Å². The molecule has 0 saturated heterocycles. The van der Waals surface area contributed by atoms with Crippen LogP contribution in [0.2, 0.25) is 0 Å². The number of hydrogen-bond donors (Lipinski definition) is 3. The molecule has 0 aliphatic carbocycles. The first-order valence-electron chi connectivity index (χ1n) is 24.9. The minimum Gasteiger partial charge on any atom is -0.461 e. The van der Waals surface area contributed by atoms with Crippen LogP contribution < -0.4 is 5.32 Å². The van der Waals surface area contributed by atoms with Crippen molar-refractivity contribution >= 4 is 11.9 Å². The summed E-state index contributed by atoms with van der Waals surface area (Å²) in [5.41, 5.74) is 0. The van der Waals surface area contributed by atoms with Gasteiger partial charge in [-0.05, 0) is 44.9 Å². The number of esters is 1. The number of unbranched alkanes of at least 4 members (excludes halogenated alkanes) is 23. The van der Waals surface area contributed by atoms with Crippen molar-refractivity contribution in [3.05, 3.63) is 85.1 Å². The van der Waals surface area contributed by atoms with Crippen LogP contribution in [-0.4, -0.2) is 46.9 Å². The van der Waals surface area contributed by atoms with E-state index in [1.807, 2.05) is 54.7 Å².